The molecule has 0 radical (unpaired) electrons. The first-order chi connectivity index (χ1) is 14.3. The van der Waals surface area contributed by atoms with Crippen LogP contribution in [0.1, 0.15) is 32.3 Å². The number of benzene rings is 2. The predicted molar refractivity (Wildman–Crippen MR) is 116 cm³/mol. The Balaban J connectivity index is 1.94. The summed E-state index contributed by atoms with van der Waals surface area (Å²) in [7, 11) is -4.01. The van der Waals surface area contributed by atoms with E-state index in [2.05, 4.69) is 5.32 Å². The smallest absolute Gasteiger partial charge is 0.264 e. The molecular weight excluding hydrogens is 404 g/mol. The highest BCUT2D eigenvalue weighted by Gasteiger charge is 2.29. The molecule has 0 aromatic heterocycles. The van der Waals surface area contributed by atoms with Crippen LogP contribution in [0.2, 0.25) is 0 Å². The fourth-order valence-electron chi connectivity index (χ4n) is 3.29. The zero-order valence-corrected chi connectivity index (χ0v) is 18.4. The molecule has 0 saturated heterocycles. The minimum atomic E-state index is -4.01. The summed E-state index contributed by atoms with van der Waals surface area (Å²) in [5, 5.41) is 2.88. The van der Waals surface area contributed by atoms with Crippen LogP contribution in [-0.4, -0.2) is 40.1 Å². The van der Waals surface area contributed by atoms with Gasteiger partial charge in [-0.05, 0) is 44.5 Å². The van der Waals surface area contributed by atoms with Crippen LogP contribution in [0.4, 0.5) is 5.69 Å². The largest absolute Gasteiger partial charge is 0.486 e. The van der Waals surface area contributed by atoms with Gasteiger partial charge in [0.1, 0.15) is 19.8 Å². The Labute approximate surface area is 178 Å². The van der Waals surface area contributed by atoms with E-state index in [1.807, 2.05) is 32.9 Å². The molecule has 1 atom stereocenters. The van der Waals surface area contributed by atoms with Gasteiger partial charge in [-0.25, -0.2) is 8.42 Å². The first kappa shape index (κ1) is 22.0. The normalized spacial score (nSPS) is 14.1. The van der Waals surface area contributed by atoms with E-state index in [1.165, 1.54) is 12.1 Å². The standard InChI is InChI=1S/C22H28N2O5S/c1-4-5-17(3)23-22(25)15-24(18-8-6-16(2)7-9-18)30(26,27)19-10-11-20-21(14-19)29-13-12-28-20/h6-11,14,17H,4-5,12-13,15H2,1-3H3,(H,23,25)/t17-/m1/s1. The van der Waals surface area contributed by atoms with Crippen molar-refractivity contribution in [1.29, 1.82) is 0 Å². The Morgan fingerprint density at radius 3 is 2.43 bits per heavy atom. The summed E-state index contributed by atoms with van der Waals surface area (Å²) in [4.78, 5) is 12.7. The van der Waals surface area contributed by atoms with Crippen molar-refractivity contribution in [2.24, 2.45) is 0 Å². The number of nitrogens with zero attached hydrogens (tertiary/aromatic N) is 1. The molecular formula is C22H28N2O5S. The number of rotatable bonds is 8. The third-order valence-electron chi connectivity index (χ3n) is 4.84. The number of fused-ring (bicyclic) bond motifs is 1. The molecule has 2 aromatic rings. The van der Waals surface area contributed by atoms with Crippen LogP contribution in [-0.2, 0) is 14.8 Å². The zero-order chi connectivity index (χ0) is 21.7. The minimum absolute atomic E-state index is 0.0284. The van der Waals surface area contributed by atoms with Crippen molar-refractivity contribution in [2.45, 2.75) is 44.6 Å². The van der Waals surface area contributed by atoms with E-state index in [4.69, 9.17) is 9.47 Å². The summed E-state index contributed by atoms with van der Waals surface area (Å²) in [6.45, 7) is 6.33. The highest BCUT2D eigenvalue weighted by Crippen LogP contribution is 2.34. The van der Waals surface area contributed by atoms with Crippen molar-refractivity contribution in [3.8, 4) is 11.5 Å². The molecule has 0 spiro atoms. The minimum Gasteiger partial charge on any atom is -0.486 e. The van der Waals surface area contributed by atoms with Gasteiger partial charge in [-0.2, -0.15) is 0 Å². The van der Waals surface area contributed by atoms with Gasteiger partial charge in [0.25, 0.3) is 10.0 Å². The van der Waals surface area contributed by atoms with Crippen molar-refractivity contribution in [2.75, 3.05) is 24.1 Å². The molecule has 0 bridgehead atoms. The molecule has 0 fully saturated rings. The third kappa shape index (κ3) is 5.05. The maximum Gasteiger partial charge on any atom is 0.264 e. The number of aryl methyl sites for hydroxylation is 1. The lowest BCUT2D eigenvalue weighted by Gasteiger charge is -2.26. The maximum absolute atomic E-state index is 13.5. The van der Waals surface area contributed by atoms with Gasteiger partial charge in [-0.15, -0.1) is 0 Å². The Morgan fingerprint density at radius 1 is 1.10 bits per heavy atom. The third-order valence-corrected chi connectivity index (χ3v) is 6.61. The molecule has 0 unspecified atom stereocenters. The molecule has 0 aliphatic carbocycles. The monoisotopic (exact) mass is 432 g/mol. The lowest BCUT2D eigenvalue weighted by molar-refractivity contribution is -0.120. The lowest BCUT2D eigenvalue weighted by atomic mass is 10.2. The van der Waals surface area contributed by atoms with Crippen molar-refractivity contribution < 1.29 is 22.7 Å². The van der Waals surface area contributed by atoms with Crippen molar-refractivity contribution >= 4 is 21.6 Å². The SMILES string of the molecule is CCC[C@@H](C)NC(=O)CN(c1ccc(C)cc1)S(=O)(=O)c1ccc2c(c1)OCCO2. The number of amides is 1. The molecule has 1 aliphatic rings. The molecule has 1 aliphatic heterocycles. The van der Waals surface area contributed by atoms with Gasteiger partial charge in [-0.3, -0.25) is 9.10 Å². The van der Waals surface area contributed by atoms with E-state index in [-0.39, 0.29) is 23.4 Å². The molecule has 2 aromatic carbocycles. The summed E-state index contributed by atoms with van der Waals surface area (Å²) in [5.41, 5.74) is 1.42. The second-order valence-corrected chi connectivity index (χ2v) is 9.27. The van der Waals surface area contributed by atoms with E-state index in [0.29, 0.717) is 30.4 Å². The number of carbonyl (C=O) groups is 1. The molecule has 1 N–H and O–H groups in total. The van der Waals surface area contributed by atoms with Crippen LogP contribution >= 0.6 is 0 Å². The first-order valence-electron chi connectivity index (χ1n) is 10.1. The molecule has 30 heavy (non-hydrogen) atoms. The highest BCUT2D eigenvalue weighted by molar-refractivity contribution is 7.92. The van der Waals surface area contributed by atoms with Gasteiger partial charge in [-0.1, -0.05) is 31.0 Å². The topological polar surface area (TPSA) is 84.9 Å². The number of hydrogen-bond acceptors (Lipinski definition) is 5. The number of anilines is 1. The predicted octanol–water partition coefficient (Wildman–Crippen LogP) is 3.27. The fraction of sp³-hybridized carbons (Fsp3) is 0.409. The molecule has 3 rings (SSSR count). The summed E-state index contributed by atoms with van der Waals surface area (Å²) >= 11 is 0. The van der Waals surface area contributed by atoms with Gasteiger partial charge in [0.05, 0.1) is 10.6 Å². The maximum atomic E-state index is 13.5. The molecule has 1 amide bonds. The molecule has 0 saturated carbocycles. The number of ether oxygens (including phenoxy) is 2. The molecule has 8 heteroatoms. The number of nitrogens with one attached hydrogen (secondary N) is 1. The van der Waals surface area contributed by atoms with Gasteiger partial charge < -0.3 is 14.8 Å². The number of carbonyl (C=O) groups excluding carboxylic acids is 1. The van der Waals surface area contributed by atoms with Gasteiger partial charge in [0.2, 0.25) is 5.91 Å². The van der Waals surface area contributed by atoms with Crippen LogP contribution in [0.3, 0.4) is 0 Å². The van der Waals surface area contributed by atoms with Gasteiger partial charge in [0.15, 0.2) is 11.5 Å². The second-order valence-electron chi connectivity index (χ2n) is 7.41. The Hall–Kier alpha value is -2.74. The average molecular weight is 433 g/mol. The van der Waals surface area contributed by atoms with E-state index in [0.717, 1.165) is 22.7 Å². The van der Waals surface area contributed by atoms with E-state index in [9.17, 15) is 13.2 Å². The first-order valence-corrected chi connectivity index (χ1v) is 11.5. The molecule has 7 nitrogen and oxygen atoms in total. The average Bonchev–Trinajstić information content (AvgIpc) is 2.72. The van der Waals surface area contributed by atoms with Crippen molar-refractivity contribution in [3.63, 3.8) is 0 Å². The molecule has 1 heterocycles. The van der Waals surface area contributed by atoms with Crippen LogP contribution in [0, 0.1) is 6.92 Å². The van der Waals surface area contributed by atoms with Gasteiger partial charge >= 0.3 is 0 Å². The second kappa shape index (κ2) is 9.38. The molecule has 162 valence electrons. The quantitative estimate of drug-likeness (QED) is 0.692. The summed E-state index contributed by atoms with van der Waals surface area (Å²) in [5.74, 6) is 0.540. The number of hydrogen-bond donors (Lipinski definition) is 1. The van der Waals surface area contributed by atoms with Crippen LogP contribution in [0.15, 0.2) is 47.4 Å². The van der Waals surface area contributed by atoms with Crippen LogP contribution in [0.25, 0.3) is 0 Å². The summed E-state index contributed by atoms with van der Waals surface area (Å²) in [6.07, 6.45) is 1.75. The Bertz CT molecular complexity index is 989. The van der Waals surface area contributed by atoms with Crippen molar-refractivity contribution in [3.05, 3.63) is 48.0 Å². The van der Waals surface area contributed by atoms with Crippen LogP contribution < -0.4 is 19.1 Å². The van der Waals surface area contributed by atoms with Gasteiger partial charge in [0, 0.05) is 12.1 Å². The highest BCUT2D eigenvalue weighted by atomic mass is 32.2. The summed E-state index contributed by atoms with van der Waals surface area (Å²) in [6, 6.07) is 11.5. The summed E-state index contributed by atoms with van der Waals surface area (Å²) < 4.78 is 39.1. The van der Waals surface area contributed by atoms with E-state index in [1.54, 1.807) is 18.2 Å². The lowest BCUT2D eigenvalue weighted by Crippen LogP contribution is -2.43. The van der Waals surface area contributed by atoms with E-state index < -0.39 is 10.0 Å². The van der Waals surface area contributed by atoms with E-state index >= 15 is 0 Å². The Morgan fingerprint density at radius 2 is 1.77 bits per heavy atom. The zero-order valence-electron chi connectivity index (χ0n) is 17.6. The Kier molecular flexibility index (Phi) is 6.87. The number of sulfonamides is 1. The van der Waals surface area contributed by atoms with Crippen molar-refractivity contribution in [1.82, 2.24) is 5.32 Å². The van der Waals surface area contributed by atoms with Crippen LogP contribution in [0.5, 0.6) is 11.5 Å². The fourth-order valence-corrected chi connectivity index (χ4v) is 4.73.